The molecule has 2 heterocycles. The first kappa shape index (κ1) is 12.5. The van der Waals surface area contributed by atoms with E-state index in [0.29, 0.717) is 22.4 Å². The second kappa shape index (κ2) is 4.01. The molecule has 5 nitrogen and oxygen atoms in total. The van der Waals surface area contributed by atoms with Crippen molar-refractivity contribution in [3.8, 4) is 11.5 Å². The van der Waals surface area contributed by atoms with Crippen molar-refractivity contribution in [2.45, 2.75) is 12.2 Å². The van der Waals surface area contributed by atoms with Crippen molar-refractivity contribution in [3.05, 3.63) is 70.5 Å². The van der Waals surface area contributed by atoms with Crippen LogP contribution < -0.4 is 4.74 Å². The Morgan fingerprint density at radius 3 is 2.52 bits per heavy atom. The van der Waals surface area contributed by atoms with E-state index in [4.69, 9.17) is 9.47 Å². The molecule has 112 valence electrons. The first-order chi connectivity index (χ1) is 11.2. The van der Waals surface area contributed by atoms with E-state index in [0.717, 1.165) is 0 Å². The molecule has 2 atom stereocenters. The molecule has 2 aliphatic heterocycles. The first-order valence-electron chi connectivity index (χ1n) is 7.24. The fourth-order valence-corrected chi connectivity index (χ4v) is 3.49. The third-order valence-electron chi connectivity index (χ3n) is 4.56. The number of fused-ring (bicyclic) bond motifs is 5. The number of aromatic hydroxyl groups is 1. The summed E-state index contributed by atoms with van der Waals surface area (Å²) in [5.41, 5.74) is 1.39. The van der Waals surface area contributed by atoms with Gasteiger partial charge < -0.3 is 14.6 Å². The number of benzene rings is 2. The molecule has 0 radical (unpaired) electrons. The molecule has 1 aliphatic carbocycles. The van der Waals surface area contributed by atoms with Gasteiger partial charge >= 0.3 is 0 Å². The highest BCUT2D eigenvalue weighted by atomic mass is 16.7. The predicted molar refractivity (Wildman–Crippen MR) is 78.8 cm³/mol. The van der Waals surface area contributed by atoms with Crippen LogP contribution in [0.4, 0.5) is 0 Å². The molecule has 0 aromatic heterocycles. The SMILES string of the molecule is O=C1c2ccccc2C(=O)c2c1cc1c(c2O)[C@@H]2C=CO[C@@H]2O1. The summed E-state index contributed by atoms with van der Waals surface area (Å²) in [6, 6.07) is 8.16. The van der Waals surface area contributed by atoms with Crippen molar-refractivity contribution < 1.29 is 24.2 Å². The lowest BCUT2D eigenvalue weighted by molar-refractivity contribution is -0.00487. The van der Waals surface area contributed by atoms with Gasteiger partial charge in [0, 0.05) is 16.7 Å². The summed E-state index contributed by atoms with van der Waals surface area (Å²) in [6.45, 7) is 0. The fraction of sp³-hybridized carbons (Fsp3) is 0.111. The van der Waals surface area contributed by atoms with E-state index in [2.05, 4.69) is 0 Å². The number of ketones is 2. The van der Waals surface area contributed by atoms with Gasteiger partial charge in [-0.3, -0.25) is 9.59 Å². The fourth-order valence-electron chi connectivity index (χ4n) is 3.49. The van der Waals surface area contributed by atoms with Gasteiger partial charge in [-0.25, -0.2) is 0 Å². The molecule has 0 amide bonds. The van der Waals surface area contributed by atoms with Gasteiger partial charge in [0.1, 0.15) is 11.5 Å². The molecule has 23 heavy (non-hydrogen) atoms. The van der Waals surface area contributed by atoms with Gasteiger partial charge in [0.05, 0.1) is 23.3 Å². The lowest BCUT2D eigenvalue weighted by Crippen LogP contribution is -2.21. The van der Waals surface area contributed by atoms with Crippen molar-refractivity contribution in [1.29, 1.82) is 0 Å². The van der Waals surface area contributed by atoms with E-state index in [1.54, 1.807) is 30.3 Å². The molecule has 5 heteroatoms. The van der Waals surface area contributed by atoms with Gasteiger partial charge in [0.2, 0.25) is 0 Å². The summed E-state index contributed by atoms with van der Waals surface area (Å²) >= 11 is 0. The molecule has 5 rings (SSSR count). The Morgan fingerprint density at radius 2 is 1.74 bits per heavy atom. The zero-order valence-electron chi connectivity index (χ0n) is 11.8. The first-order valence-corrected chi connectivity index (χ1v) is 7.24. The Bertz CT molecular complexity index is 941. The number of hydrogen-bond donors (Lipinski definition) is 1. The van der Waals surface area contributed by atoms with Crippen molar-refractivity contribution in [2.75, 3.05) is 0 Å². The van der Waals surface area contributed by atoms with Crippen LogP contribution in [0, 0.1) is 0 Å². The maximum Gasteiger partial charge on any atom is 0.250 e. The molecule has 0 fully saturated rings. The molecular formula is C18H10O5. The molecule has 0 bridgehead atoms. The Morgan fingerprint density at radius 1 is 1.00 bits per heavy atom. The van der Waals surface area contributed by atoms with E-state index in [1.165, 1.54) is 12.3 Å². The Labute approximate surface area is 130 Å². The van der Waals surface area contributed by atoms with Gasteiger partial charge in [-0.1, -0.05) is 24.3 Å². The molecule has 1 N–H and O–H groups in total. The summed E-state index contributed by atoms with van der Waals surface area (Å²) in [5, 5.41) is 10.7. The molecule has 2 aromatic carbocycles. The highest BCUT2D eigenvalue weighted by Crippen LogP contribution is 2.50. The van der Waals surface area contributed by atoms with Crippen molar-refractivity contribution >= 4 is 11.6 Å². The second-order valence-electron chi connectivity index (χ2n) is 5.74. The average molecular weight is 306 g/mol. The van der Waals surface area contributed by atoms with Gasteiger partial charge in [0.15, 0.2) is 11.6 Å². The maximum atomic E-state index is 12.8. The summed E-state index contributed by atoms with van der Waals surface area (Å²) in [5.74, 6) is -0.697. The van der Waals surface area contributed by atoms with E-state index in [1.807, 2.05) is 0 Å². The van der Waals surface area contributed by atoms with Crippen LogP contribution in [-0.2, 0) is 4.74 Å². The van der Waals surface area contributed by atoms with Crippen LogP contribution in [0.3, 0.4) is 0 Å². The molecule has 0 spiro atoms. The number of rotatable bonds is 0. The standard InChI is InChI=1S/C18H10O5/c19-15-8-3-1-2-4-9(8)16(20)14-11(15)7-12-13(17(14)21)10-5-6-22-18(10)23-12/h1-7,10,18,21H/t10-,18+/m0/s1. The van der Waals surface area contributed by atoms with Crippen LogP contribution in [0.5, 0.6) is 11.5 Å². The zero-order valence-corrected chi connectivity index (χ0v) is 11.8. The Kier molecular flexibility index (Phi) is 2.17. The van der Waals surface area contributed by atoms with Crippen LogP contribution in [0.25, 0.3) is 0 Å². The number of ether oxygens (including phenoxy) is 2. The Balaban J connectivity index is 1.80. The highest BCUT2D eigenvalue weighted by Gasteiger charge is 2.43. The van der Waals surface area contributed by atoms with Gasteiger partial charge in [0.25, 0.3) is 6.29 Å². The lowest BCUT2D eigenvalue weighted by atomic mass is 9.81. The third kappa shape index (κ3) is 1.41. The number of carbonyl (C=O) groups excluding carboxylic acids is 2. The van der Waals surface area contributed by atoms with Crippen LogP contribution in [-0.4, -0.2) is 23.0 Å². The van der Waals surface area contributed by atoms with E-state index in [-0.39, 0.29) is 34.4 Å². The second-order valence-corrected chi connectivity index (χ2v) is 5.74. The van der Waals surface area contributed by atoms with Crippen molar-refractivity contribution in [1.82, 2.24) is 0 Å². The maximum absolute atomic E-state index is 12.8. The molecule has 0 saturated heterocycles. The molecular weight excluding hydrogens is 296 g/mol. The minimum absolute atomic E-state index is 0.0528. The van der Waals surface area contributed by atoms with E-state index >= 15 is 0 Å². The van der Waals surface area contributed by atoms with Gasteiger partial charge in [-0.15, -0.1) is 0 Å². The zero-order chi connectivity index (χ0) is 15.7. The minimum Gasteiger partial charge on any atom is -0.507 e. The van der Waals surface area contributed by atoms with Gasteiger partial charge in [-0.05, 0) is 12.1 Å². The summed E-state index contributed by atoms with van der Waals surface area (Å²) in [6.07, 6.45) is 2.73. The largest absolute Gasteiger partial charge is 0.507 e. The summed E-state index contributed by atoms with van der Waals surface area (Å²) in [7, 11) is 0. The topological polar surface area (TPSA) is 72.8 Å². The van der Waals surface area contributed by atoms with Gasteiger partial charge in [-0.2, -0.15) is 0 Å². The number of hydrogen-bond acceptors (Lipinski definition) is 5. The predicted octanol–water partition coefficient (Wildman–Crippen LogP) is 2.51. The quantitative estimate of drug-likeness (QED) is 0.691. The third-order valence-corrected chi connectivity index (χ3v) is 4.56. The number of phenolic OH excluding ortho intramolecular Hbond substituents is 1. The minimum atomic E-state index is -0.549. The highest BCUT2D eigenvalue weighted by molar-refractivity contribution is 6.29. The number of phenols is 1. The molecule has 0 saturated carbocycles. The van der Waals surface area contributed by atoms with Crippen molar-refractivity contribution in [2.24, 2.45) is 0 Å². The average Bonchev–Trinajstić information content (AvgIpc) is 3.13. The van der Waals surface area contributed by atoms with E-state index in [9.17, 15) is 14.7 Å². The summed E-state index contributed by atoms with van der Waals surface area (Å²) < 4.78 is 10.9. The number of carbonyl (C=O) groups is 2. The van der Waals surface area contributed by atoms with Crippen LogP contribution in [0.15, 0.2) is 42.7 Å². The van der Waals surface area contributed by atoms with Crippen LogP contribution in [0.2, 0.25) is 0 Å². The molecule has 3 aliphatic rings. The van der Waals surface area contributed by atoms with Crippen molar-refractivity contribution in [3.63, 3.8) is 0 Å². The van der Waals surface area contributed by atoms with E-state index < -0.39 is 6.29 Å². The monoisotopic (exact) mass is 306 g/mol. The van der Waals surface area contributed by atoms with Crippen LogP contribution in [0.1, 0.15) is 43.3 Å². The smallest absolute Gasteiger partial charge is 0.250 e. The molecule has 0 unspecified atom stereocenters. The van der Waals surface area contributed by atoms with Crippen LogP contribution >= 0.6 is 0 Å². The summed E-state index contributed by atoms with van der Waals surface area (Å²) in [4.78, 5) is 25.5. The lowest BCUT2D eigenvalue weighted by Gasteiger charge is -2.20. The Hall–Kier alpha value is -3.08. The normalized spacial score (nSPS) is 22.8. The molecule has 2 aromatic rings.